The average molecular weight is 1020 g/mol. The number of aromatic nitrogens is 2. The van der Waals surface area contributed by atoms with Crippen LogP contribution in [0, 0.1) is 0 Å². The number of para-hydroxylation sites is 2. The monoisotopic (exact) mass is 1020 g/mol. The Bertz CT molecular complexity index is 5080. The lowest BCUT2D eigenvalue weighted by molar-refractivity contribution is 0.654. The number of nitrogens with zero attached hydrogens (tertiary/aromatic N) is 4. The van der Waals surface area contributed by atoms with E-state index >= 15 is 0 Å². The van der Waals surface area contributed by atoms with E-state index in [0.29, 0.717) is 5.71 Å². The molecule has 0 saturated heterocycles. The van der Waals surface area contributed by atoms with Crippen LogP contribution in [0.4, 0.5) is 34.1 Å². The van der Waals surface area contributed by atoms with Gasteiger partial charge >= 0.3 is 0 Å². The fraction of sp³-hybridized carbons (Fsp3) is 0. The summed E-state index contributed by atoms with van der Waals surface area (Å²) in [7, 11) is 0. The van der Waals surface area contributed by atoms with Gasteiger partial charge < -0.3 is 18.6 Å². The van der Waals surface area contributed by atoms with E-state index in [0.717, 1.165) is 117 Å². The van der Waals surface area contributed by atoms with E-state index in [9.17, 15) is 0 Å². The van der Waals surface area contributed by atoms with Gasteiger partial charge in [0.15, 0.2) is 11.2 Å². The van der Waals surface area contributed by atoms with Crippen molar-refractivity contribution < 1.29 is 8.83 Å². The standard InChI is InChI=1S/C74H46N4O2/c1-2-16-47(17-3-1)48-33-37-54(38-34-48)78(68-46-52-19-5-7-23-57(52)59-25-9-11-27-61(59)68)66-32-14-29-64-70-69(79-73(64)66)41-43-75-71(70)53-21-12-20-50(44-53)49-35-39-55(40-36-49)77(65-31-13-28-62-63-30-15-42-76-74(63)80-72(62)65)67-45-51-18-4-6-22-56(51)58-24-8-10-26-60(58)67/h1-46H. The van der Waals surface area contributed by atoms with Crippen molar-refractivity contribution in [2.24, 2.45) is 0 Å². The van der Waals surface area contributed by atoms with Crippen molar-refractivity contribution in [2.45, 2.75) is 0 Å². The van der Waals surface area contributed by atoms with E-state index in [1.807, 2.05) is 18.3 Å². The molecule has 0 aliphatic carbocycles. The lowest BCUT2D eigenvalue weighted by atomic mass is 9.97. The summed E-state index contributed by atoms with van der Waals surface area (Å²) < 4.78 is 13.7. The van der Waals surface area contributed by atoms with Crippen molar-refractivity contribution in [1.82, 2.24) is 9.97 Å². The van der Waals surface area contributed by atoms with Crippen molar-refractivity contribution >= 4 is 121 Å². The summed E-state index contributed by atoms with van der Waals surface area (Å²) in [4.78, 5) is 14.5. The Hall–Kier alpha value is -10.8. The Morgan fingerprint density at radius 3 is 1.39 bits per heavy atom. The second kappa shape index (κ2) is 18.4. The molecule has 12 aromatic carbocycles. The lowest BCUT2D eigenvalue weighted by Gasteiger charge is -2.28. The highest BCUT2D eigenvalue weighted by Gasteiger charge is 2.25. The predicted octanol–water partition coefficient (Wildman–Crippen LogP) is 20.8. The topological polar surface area (TPSA) is 58.5 Å². The largest absolute Gasteiger partial charge is 0.454 e. The third-order valence-corrected chi connectivity index (χ3v) is 15.9. The van der Waals surface area contributed by atoms with Gasteiger partial charge in [0.2, 0.25) is 5.71 Å². The maximum atomic E-state index is 7.08. The van der Waals surface area contributed by atoms with Gasteiger partial charge in [-0.1, -0.05) is 194 Å². The molecule has 0 saturated carbocycles. The van der Waals surface area contributed by atoms with E-state index in [4.69, 9.17) is 13.8 Å². The molecule has 4 aromatic heterocycles. The fourth-order valence-corrected chi connectivity index (χ4v) is 12.3. The summed E-state index contributed by atoms with van der Waals surface area (Å²) in [5, 5.41) is 13.4. The van der Waals surface area contributed by atoms with Gasteiger partial charge in [-0.15, -0.1) is 0 Å². The van der Waals surface area contributed by atoms with Crippen LogP contribution in [0.5, 0.6) is 0 Å². The third-order valence-electron chi connectivity index (χ3n) is 15.9. The van der Waals surface area contributed by atoms with Crippen LogP contribution in [-0.4, -0.2) is 9.97 Å². The van der Waals surface area contributed by atoms with Crippen LogP contribution in [0.2, 0.25) is 0 Å². The maximum Gasteiger partial charge on any atom is 0.227 e. The molecule has 0 amide bonds. The van der Waals surface area contributed by atoms with Gasteiger partial charge in [-0.3, -0.25) is 4.98 Å². The van der Waals surface area contributed by atoms with Crippen LogP contribution in [0.1, 0.15) is 0 Å². The van der Waals surface area contributed by atoms with E-state index < -0.39 is 0 Å². The fourth-order valence-electron chi connectivity index (χ4n) is 12.3. The van der Waals surface area contributed by atoms with Gasteiger partial charge in [0.25, 0.3) is 0 Å². The van der Waals surface area contributed by atoms with Gasteiger partial charge in [0.05, 0.1) is 33.8 Å². The summed E-state index contributed by atoms with van der Waals surface area (Å²) >= 11 is 0. The molecule has 0 aliphatic heterocycles. The molecule has 0 radical (unpaired) electrons. The number of benzene rings is 12. The SMILES string of the molecule is c1ccc(-c2ccc(N(c3cc4ccccc4c4ccccc34)c3cccc4c3oc3ccnc(-c5cccc(-c6ccc(N(c7cc8ccccc8c8ccccc78)c7cccc8c7oc7ncccc78)cc6)c5)c34)cc2)cc1. The highest BCUT2D eigenvalue weighted by atomic mass is 16.3. The van der Waals surface area contributed by atoms with Crippen LogP contribution in [0.3, 0.4) is 0 Å². The number of furan rings is 2. The van der Waals surface area contributed by atoms with E-state index in [1.165, 1.54) is 32.5 Å². The Labute approximate surface area is 460 Å². The zero-order valence-corrected chi connectivity index (χ0v) is 43.2. The number of anilines is 6. The summed E-state index contributed by atoms with van der Waals surface area (Å²) in [5.41, 5.74) is 15.3. The first-order valence-corrected chi connectivity index (χ1v) is 27.0. The van der Waals surface area contributed by atoms with Crippen LogP contribution in [0.15, 0.2) is 288 Å². The molecule has 6 nitrogen and oxygen atoms in total. The highest BCUT2D eigenvalue weighted by molar-refractivity contribution is 6.20. The van der Waals surface area contributed by atoms with Gasteiger partial charge in [0, 0.05) is 56.3 Å². The van der Waals surface area contributed by atoms with Gasteiger partial charge in [-0.25, -0.2) is 4.98 Å². The Morgan fingerprint density at radius 1 is 0.275 bits per heavy atom. The zero-order chi connectivity index (χ0) is 52.7. The van der Waals surface area contributed by atoms with Crippen molar-refractivity contribution in [3.8, 4) is 33.5 Å². The maximum absolute atomic E-state index is 7.08. The van der Waals surface area contributed by atoms with Crippen LogP contribution < -0.4 is 9.80 Å². The van der Waals surface area contributed by atoms with Crippen molar-refractivity contribution in [3.63, 3.8) is 0 Å². The van der Waals surface area contributed by atoms with Crippen LogP contribution in [0.25, 0.3) is 121 Å². The molecule has 0 fully saturated rings. The minimum atomic E-state index is 0.615. The molecular formula is C74H46N4O2. The molecule has 374 valence electrons. The Balaban J connectivity index is 0.823. The van der Waals surface area contributed by atoms with Crippen LogP contribution >= 0.6 is 0 Å². The second-order valence-electron chi connectivity index (χ2n) is 20.4. The molecule has 80 heavy (non-hydrogen) atoms. The summed E-state index contributed by atoms with van der Waals surface area (Å²) in [6.07, 6.45) is 3.65. The molecule has 4 heterocycles. The minimum absolute atomic E-state index is 0.615. The Kier molecular flexibility index (Phi) is 10.5. The van der Waals surface area contributed by atoms with Gasteiger partial charge in [-0.05, 0) is 127 Å². The van der Waals surface area contributed by atoms with E-state index in [2.05, 4.69) is 270 Å². The highest BCUT2D eigenvalue weighted by Crippen LogP contribution is 2.49. The summed E-state index contributed by atoms with van der Waals surface area (Å²) in [6.45, 7) is 0. The number of hydrogen-bond donors (Lipinski definition) is 0. The molecule has 0 aliphatic rings. The first kappa shape index (κ1) is 45.4. The number of pyridine rings is 2. The normalized spacial score (nSPS) is 11.8. The zero-order valence-electron chi connectivity index (χ0n) is 43.2. The predicted molar refractivity (Wildman–Crippen MR) is 332 cm³/mol. The molecule has 0 atom stereocenters. The van der Waals surface area contributed by atoms with Gasteiger partial charge in [0.1, 0.15) is 5.58 Å². The molecule has 16 rings (SSSR count). The van der Waals surface area contributed by atoms with Crippen molar-refractivity contribution in [1.29, 1.82) is 0 Å². The van der Waals surface area contributed by atoms with Crippen molar-refractivity contribution in [2.75, 3.05) is 9.80 Å². The van der Waals surface area contributed by atoms with Crippen LogP contribution in [-0.2, 0) is 0 Å². The lowest BCUT2D eigenvalue weighted by Crippen LogP contribution is -2.11. The molecule has 0 N–H and O–H groups in total. The molecule has 0 bridgehead atoms. The summed E-state index contributed by atoms with van der Waals surface area (Å²) in [6, 6.07) is 95.2. The van der Waals surface area contributed by atoms with Crippen molar-refractivity contribution in [3.05, 3.63) is 279 Å². The smallest absolute Gasteiger partial charge is 0.227 e. The number of rotatable bonds is 9. The molecular weight excluding hydrogens is 977 g/mol. The quantitative estimate of drug-likeness (QED) is 0.134. The Morgan fingerprint density at radius 2 is 0.750 bits per heavy atom. The first-order chi connectivity index (χ1) is 39.7. The number of fused-ring (bicyclic) bond motifs is 12. The molecule has 0 spiro atoms. The summed E-state index contributed by atoms with van der Waals surface area (Å²) in [5.74, 6) is 0. The first-order valence-electron chi connectivity index (χ1n) is 27.0. The minimum Gasteiger partial charge on any atom is -0.454 e. The van der Waals surface area contributed by atoms with Gasteiger partial charge in [-0.2, -0.15) is 0 Å². The second-order valence-corrected chi connectivity index (χ2v) is 20.4. The van der Waals surface area contributed by atoms with E-state index in [-0.39, 0.29) is 0 Å². The molecule has 16 aromatic rings. The van der Waals surface area contributed by atoms with E-state index in [1.54, 1.807) is 6.20 Å². The molecule has 6 heteroatoms. The molecule has 0 unspecified atom stereocenters. The third kappa shape index (κ3) is 7.34. The average Bonchev–Trinajstić information content (AvgIpc) is 4.22. The number of hydrogen-bond acceptors (Lipinski definition) is 6.